The maximum atomic E-state index is 9.47. The molecule has 0 aliphatic heterocycles. The first kappa shape index (κ1) is 12.2. The molecule has 1 atom stereocenters. The maximum Gasteiger partial charge on any atom is 0.114 e. The molecular formula is C12H22N2O. The first-order valence-corrected chi connectivity index (χ1v) is 5.67. The van der Waals surface area contributed by atoms with Crippen molar-refractivity contribution < 1.29 is 5.11 Å². The fourth-order valence-corrected chi connectivity index (χ4v) is 2.14. The van der Waals surface area contributed by atoms with E-state index in [9.17, 15) is 5.11 Å². The lowest BCUT2D eigenvalue weighted by molar-refractivity contribution is 0.153. The second kappa shape index (κ2) is 4.79. The summed E-state index contributed by atoms with van der Waals surface area (Å²) in [5, 5.41) is 9.47. The van der Waals surface area contributed by atoms with Crippen LogP contribution in [-0.2, 0) is 12.0 Å². The molecule has 3 nitrogen and oxygen atoms in total. The zero-order valence-corrected chi connectivity index (χ0v) is 10.2. The molecular weight excluding hydrogens is 188 g/mol. The van der Waals surface area contributed by atoms with Crippen LogP contribution in [0, 0.1) is 0 Å². The standard InChI is InChI=1S/C12H22N2O/c1-5-7-14-8-6-13-11(14)12(3,4)9-10(2)15/h6,8,10,15H,5,7,9H2,1-4H3. The number of imidazole rings is 1. The molecule has 15 heavy (non-hydrogen) atoms. The zero-order valence-electron chi connectivity index (χ0n) is 10.2. The molecule has 1 N–H and O–H groups in total. The highest BCUT2D eigenvalue weighted by Crippen LogP contribution is 2.27. The number of hydrogen-bond acceptors (Lipinski definition) is 2. The van der Waals surface area contributed by atoms with Gasteiger partial charge in [-0.05, 0) is 19.8 Å². The van der Waals surface area contributed by atoms with Crippen LogP contribution in [0.15, 0.2) is 12.4 Å². The van der Waals surface area contributed by atoms with Crippen LogP contribution in [0.25, 0.3) is 0 Å². The summed E-state index contributed by atoms with van der Waals surface area (Å²) >= 11 is 0. The van der Waals surface area contributed by atoms with Crippen molar-refractivity contribution in [3.8, 4) is 0 Å². The molecule has 1 heterocycles. The van der Waals surface area contributed by atoms with Crippen molar-refractivity contribution >= 4 is 0 Å². The lowest BCUT2D eigenvalue weighted by Crippen LogP contribution is -2.27. The summed E-state index contributed by atoms with van der Waals surface area (Å²) in [4.78, 5) is 4.41. The molecule has 0 aliphatic carbocycles. The molecule has 1 aromatic heterocycles. The highest BCUT2D eigenvalue weighted by molar-refractivity contribution is 5.07. The summed E-state index contributed by atoms with van der Waals surface area (Å²) in [6, 6.07) is 0. The molecule has 0 spiro atoms. The van der Waals surface area contributed by atoms with Crippen LogP contribution >= 0.6 is 0 Å². The van der Waals surface area contributed by atoms with Gasteiger partial charge in [-0.1, -0.05) is 20.8 Å². The van der Waals surface area contributed by atoms with Crippen LogP contribution in [0.3, 0.4) is 0 Å². The summed E-state index contributed by atoms with van der Waals surface area (Å²) in [5.41, 5.74) is -0.0627. The normalized spacial score (nSPS) is 14.2. The molecule has 0 radical (unpaired) electrons. The Morgan fingerprint density at radius 1 is 1.53 bits per heavy atom. The van der Waals surface area contributed by atoms with E-state index in [0.717, 1.165) is 25.2 Å². The number of nitrogens with zero attached hydrogens (tertiary/aromatic N) is 2. The number of aliphatic hydroxyl groups is 1. The predicted molar refractivity (Wildman–Crippen MR) is 61.8 cm³/mol. The minimum Gasteiger partial charge on any atom is -0.393 e. The average Bonchev–Trinajstić information content (AvgIpc) is 2.51. The lowest BCUT2D eigenvalue weighted by Gasteiger charge is -2.26. The minimum absolute atomic E-state index is 0.0627. The summed E-state index contributed by atoms with van der Waals surface area (Å²) in [6.07, 6.45) is 5.42. The van der Waals surface area contributed by atoms with Crippen LogP contribution in [-0.4, -0.2) is 20.8 Å². The number of rotatable bonds is 5. The molecule has 1 aromatic rings. The Balaban J connectivity index is 2.88. The van der Waals surface area contributed by atoms with Crippen molar-refractivity contribution in [2.75, 3.05) is 0 Å². The third-order valence-electron chi connectivity index (χ3n) is 2.59. The van der Waals surface area contributed by atoms with E-state index in [-0.39, 0.29) is 11.5 Å². The number of aromatic nitrogens is 2. The Kier molecular flexibility index (Phi) is 3.91. The highest BCUT2D eigenvalue weighted by atomic mass is 16.3. The quantitative estimate of drug-likeness (QED) is 0.810. The second-order valence-electron chi connectivity index (χ2n) is 4.88. The fraction of sp³-hybridized carbons (Fsp3) is 0.750. The fourth-order valence-electron chi connectivity index (χ4n) is 2.14. The lowest BCUT2D eigenvalue weighted by atomic mass is 9.86. The van der Waals surface area contributed by atoms with Gasteiger partial charge in [-0.2, -0.15) is 0 Å². The summed E-state index contributed by atoms with van der Waals surface area (Å²) in [7, 11) is 0. The smallest absolute Gasteiger partial charge is 0.114 e. The minimum atomic E-state index is -0.285. The molecule has 0 bridgehead atoms. The molecule has 0 amide bonds. The van der Waals surface area contributed by atoms with E-state index in [1.807, 2.05) is 19.3 Å². The highest BCUT2D eigenvalue weighted by Gasteiger charge is 2.26. The van der Waals surface area contributed by atoms with Crippen LogP contribution in [0.2, 0.25) is 0 Å². The van der Waals surface area contributed by atoms with Crippen LogP contribution < -0.4 is 0 Å². The van der Waals surface area contributed by atoms with E-state index in [1.165, 1.54) is 0 Å². The van der Waals surface area contributed by atoms with Crippen molar-refractivity contribution in [3.05, 3.63) is 18.2 Å². The van der Waals surface area contributed by atoms with Crippen molar-refractivity contribution in [1.29, 1.82) is 0 Å². The van der Waals surface area contributed by atoms with Gasteiger partial charge in [0.25, 0.3) is 0 Å². The molecule has 3 heteroatoms. The molecule has 0 saturated heterocycles. The van der Waals surface area contributed by atoms with Gasteiger partial charge in [0, 0.05) is 24.4 Å². The average molecular weight is 210 g/mol. The molecule has 1 rings (SSSR count). The van der Waals surface area contributed by atoms with Crippen molar-refractivity contribution in [3.63, 3.8) is 0 Å². The Labute approximate surface area is 92.1 Å². The van der Waals surface area contributed by atoms with Gasteiger partial charge in [0.2, 0.25) is 0 Å². The summed E-state index contributed by atoms with van der Waals surface area (Å²) < 4.78 is 2.18. The van der Waals surface area contributed by atoms with Gasteiger partial charge in [0.15, 0.2) is 0 Å². The van der Waals surface area contributed by atoms with E-state index >= 15 is 0 Å². The largest absolute Gasteiger partial charge is 0.393 e. The third-order valence-corrected chi connectivity index (χ3v) is 2.59. The van der Waals surface area contributed by atoms with Crippen molar-refractivity contribution in [1.82, 2.24) is 9.55 Å². The van der Waals surface area contributed by atoms with Gasteiger partial charge >= 0.3 is 0 Å². The van der Waals surface area contributed by atoms with Crippen LogP contribution in [0.4, 0.5) is 0 Å². The first-order chi connectivity index (χ1) is 6.97. The van der Waals surface area contributed by atoms with E-state index in [0.29, 0.717) is 0 Å². The molecule has 0 fully saturated rings. The second-order valence-corrected chi connectivity index (χ2v) is 4.88. The van der Waals surface area contributed by atoms with Gasteiger partial charge < -0.3 is 9.67 Å². The van der Waals surface area contributed by atoms with Gasteiger partial charge in [-0.15, -0.1) is 0 Å². The predicted octanol–water partition coefficient (Wildman–Crippen LogP) is 2.34. The molecule has 86 valence electrons. The summed E-state index contributed by atoms with van der Waals surface area (Å²) in [6.45, 7) is 9.25. The Morgan fingerprint density at radius 2 is 2.20 bits per heavy atom. The van der Waals surface area contributed by atoms with Gasteiger partial charge in [-0.3, -0.25) is 0 Å². The van der Waals surface area contributed by atoms with E-state index < -0.39 is 0 Å². The molecule has 1 unspecified atom stereocenters. The third kappa shape index (κ3) is 3.06. The first-order valence-electron chi connectivity index (χ1n) is 5.67. The number of aryl methyl sites for hydroxylation is 1. The number of aliphatic hydroxyl groups excluding tert-OH is 1. The summed E-state index contributed by atoms with van der Waals surface area (Å²) in [5.74, 6) is 1.07. The Hall–Kier alpha value is -0.830. The van der Waals surface area contributed by atoms with E-state index in [2.05, 4.69) is 30.3 Å². The van der Waals surface area contributed by atoms with E-state index in [4.69, 9.17) is 0 Å². The van der Waals surface area contributed by atoms with Crippen LogP contribution in [0.5, 0.6) is 0 Å². The topological polar surface area (TPSA) is 38.0 Å². The van der Waals surface area contributed by atoms with Crippen molar-refractivity contribution in [2.45, 2.75) is 58.6 Å². The maximum absolute atomic E-state index is 9.47. The number of hydrogen-bond donors (Lipinski definition) is 1. The van der Waals surface area contributed by atoms with Gasteiger partial charge in [0.1, 0.15) is 5.82 Å². The Morgan fingerprint density at radius 3 is 2.73 bits per heavy atom. The zero-order chi connectivity index (χ0) is 11.5. The molecule has 0 saturated carbocycles. The molecule has 0 aliphatic rings. The van der Waals surface area contributed by atoms with E-state index in [1.54, 1.807) is 0 Å². The Bertz CT molecular complexity index is 302. The monoisotopic (exact) mass is 210 g/mol. The van der Waals surface area contributed by atoms with Gasteiger partial charge in [0.05, 0.1) is 6.10 Å². The SMILES string of the molecule is CCCn1ccnc1C(C)(C)CC(C)O. The van der Waals surface area contributed by atoms with Crippen molar-refractivity contribution in [2.24, 2.45) is 0 Å². The van der Waals surface area contributed by atoms with Crippen LogP contribution in [0.1, 0.15) is 46.4 Å². The molecule has 0 aromatic carbocycles. The van der Waals surface area contributed by atoms with Gasteiger partial charge in [-0.25, -0.2) is 4.98 Å².